The van der Waals surface area contributed by atoms with Gasteiger partial charge < -0.3 is 5.73 Å². The van der Waals surface area contributed by atoms with Crippen LogP contribution in [0.2, 0.25) is 0 Å². The van der Waals surface area contributed by atoms with Gasteiger partial charge in [0.15, 0.2) is 0 Å². The molecule has 0 aliphatic carbocycles. The molecule has 2 heteroatoms. The summed E-state index contributed by atoms with van der Waals surface area (Å²) >= 11 is 0. The van der Waals surface area contributed by atoms with Gasteiger partial charge >= 0.3 is 0 Å². The molecule has 0 saturated heterocycles. The molecule has 3 rings (SSSR count). The van der Waals surface area contributed by atoms with Crippen LogP contribution in [0.1, 0.15) is 16.7 Å². The van der Waals surface area contributed by atoms with Gasteiger partial charge in [0.2, 0.25) is 0 Å². The number of benzene rings is 2. The van der Waals surface area contributed by atoms with Gasteiger partial charge in [-0.3, -0.25) is 4.98 Å². The van der Waals surface area contributed by atoms with Crippen molar-refractivity contribution in [3.05, 3.63) is 83.6 Å². The minimum Gasteiger partial charge on any atom is -0.397 e. The fourth-order valence-corrected chi connectivity index (χ4v) is 2.41. The molecule has 0 aliphatic rings. The average Bonchev–Trinajstić information content (AvgIpc) is 2.52. The van der Waals surface area contributed by atoms with E-state index in [1.165, 1.54) is 11.1 Å². The molecule has 0 fully saturated rings. The van der Waals surface area contributed by atoms with E-state index in [9.17, 15) is 0 Å². The van der Waals surface area contributed by atoms with Crippen LogP contribution < -0.4 is 5.73 Å². The van der Waals surface area contributed by atoms with Crippen LogP contribution in [0.15, 0.2) is 66.9 Å². The molecule has 1 heterocycles. The van der Waals surface area contributed by atoms with Gasteiger partial charge in [-0.2, -0.15) is 0 Å². The molecule has 0 saturated carbocycles. The number of nitrogens with zero attached hydrogens (tertiary/aromatic N) is 1. The first-order valence-electron chi connectivity index (χ1n) is 7.08. The largest absolute Gasteiger partial charge is 0.397 e. The van der Waals surface area contributed by atoms with Crippen molar-refractivity contribution in [2.75, 3.05) is 5.73 Å². The van der Waals surface area contributed by atoms with Crippen molar-refractivity contribution in [2.45, 2.75) is 13.3 Å². The number of pyridine rings is 1. The third-order valence-electron chi connectivity index (χ3n) is 3.69. The highest BCUT2D eigenvalue weighted by atomic mass is 14.7. The summed E-state index contributed by atoms with van der Waals surface area (Å²) in [6, 6.07) is 20.9. The van der Waals surface area contributed by atoms with Crippen molar-refractivity contribution in [2.24, 2.45) is 0 Å². The van der Waals surface area contributed by atoms with Crippen molar-refractivity contribution in [3.8, 4) is 11.3 Å². The molecule has 0 atom stereocenters. The maximum atomic E-state index is 6.11. The zero-order valence-corrected chi connectivity index (χ0v) is 12.1. The van der Waals surface area contributed by atoms with E-state index in [4.69, 9.17) is 5.73 Å². The summed E-state index contributed by atoms with van der Waals surface area (Å²) in [7, 11) is 0. The molecule has 1 aromatic heterocycles. The maximum absolute atomic E-state index is 6.11. The predicted octanol–water partition coefficient (Wildman–Crippen LogP) is 4.23. The van der Waals surface area contributed by atoms with Crippen LogP contribution in [0.4, 0.5) is 5.69 Å². The summed E-state index contributed by atoms with van der Waals surface area (Å²) < 4.78 is 0. The lowest BCUT2D eigenvalue weighted by Gasteiger charge is -2.08. The molecule has 0 spiro atoms. The molecule has 2 N–H and O–H groups in total. The quantitative estimate of drug-likeness (QED) is 0.776. The summed E-state index contributed by atoms with van der Waals surface area (Å²) in [5.74, 6) is 0. The number of rotatable bonds is 3. The number of aryl methyl sites for hydroxylation is 1. The number of hydrogen-bond acceptors (Lipinski definition) is 2. The monoisotopic (exact) mass is 274 g/mol. The third-order valence-corrected chi connectivity index (χ3v) is 3.69. The number of nitrogen functional groups attached to an aromatic ring is 1. The molecule has 3 aromatic rings. The lowest BCUT2D eigenvalue weighted by molar-refractivity contribution is 1.19. The zero-order valence-electron chi connectivity index (χ0n) is 12.1. The SMILES string of the molecule is Cc1ccnc(-c2ccc(Cc3ccccc3)cc2)c1N. The van der Waals surface area contributed by atoms with E-state index < -0.39 is 0 Å². The first kappa shape index (κ1) is 13.4. The molecular formula is C19H18N2. The molecule has 0 radical (unpaired) electrons. The Balaban J connectivity index is 1.86. The van der Waals surface area contributed by atoms with Crippen LogP contribution in [-0.2, 0) is 6.42 Å². The molecule has 0 bridgehead atoms. The number of aromatic nitrogens is 1. The molecule has 0 aliphatic heterocycles. The van der Waals surface area contributed by atoms with Crippen molar-refractivity contribution < 1.29 is 0 Å². The smallest absolute Gasteiger partial charge is 0.0933 e. The predicted molar refractivity (Wildman–Crippen MR) is 88.1 cm³/mol. The Morgan fingerprint density at radius 1 is 0.857 bits per heavy atom. The van der Waals surface area contributed by atoms with Gasteiger partial charge in [-0.1, -0.05) is 54.6 Å². The second-order valence-electron chi connectivity index (χ2n) is 5.25. The Morgan fingerprint density at radius 2 is 1.52 bits per heavy atom. The van der Waals surface area contributed by atoms with Gasteiger partial charge in [-0.25, -0.2) is 0 Å². The molecular weight excluding hydrogens is 256 g/mol. The fraction of sp³-hybridized carbons (Fsp3) is 0.105. The Labute approximate surface area is 125 Å². The summed E-state index contributed by atoms with van der Waals surface area (Å²) in [4.78, 5) is 4.40. The molecule has 104 valence electrons. The molecule has 0 unspecified atom stereocenters. The van der Waals surface area contributed by atoms with E-state index in [0.29, 0.717) is 0 Å². The van der Waals surface area contributed by atoms with Gasteiger partial charge in [0.25, 0.3) is 0 Å². The van der Waals surface area contributed by atoms with Gasteiger partial charge in [-0.05, 0) is 36.1 Å². The van der Waals surface area contributed by atoms with Crippen molar-refractivity contribution >= 4 is 5.69 Å². The van der Waals surface area contributed by atoms with Crippen molar-refractivity contribution in [3.63, 3.8) is 0 Å². The Hall–Kier alpha value is -2.61. The highest BCUT2D eigenvalue weighted by molar-refractivity contribution is 5.74. The lowest BCUT2D eigenvalue weighted by atomic mass is 10.0. The minimum absolute atomic E-state index is 0.758. The molecule has 0 amide bonds. The third kappa shape index (κ3) is 2.95. The van der Waals surface area contributed by atoms with Crippen LogP contribution in [0.5, 0.6) is 0 Å². The second kappa shape index (κ2) is 5.80. The first-order chi connectivity index (χ1) is 10.2. The van der Waals surface area contributed by atoms with Crippen molar-refractivity contribution in [1.82, 2.24) is 4.98 Å². The lowest BCUT2D eigenvalue weighted by Crippen LogP contribution is -1.96. The van der Waals surface area contributed by atoms with Gasteiger partial charge in [-0.15, -0.1) is 0 Å². The van der Waals surface area contributed by atoms with Gasteiger partial charge in [0.05, 0.1) is 11.4 Å². The van der Waals surface area contributed by atoms with E-state index in [1.54, 1.807) is 6.20 Å². The van der Waals surface area contributed by atoms with E-state index in [2.05, 4.69) is 53.5 Å². The Bertz CT molecular complexity index is 731. The van der Waals surface area contributed by atoms with Gasteiger partial charge in [0.1, 0.15) is 0 Å². The average molecular weight is 274 g/mol. The van der Waals surface area contributed by atoms with E-state index >= 15 is 0 Å². The summed E-state index contributed by atoms with van der Waals surface area (Å²) in [5, 5.41) is 0. The standard InChI is InChI=1S/C19H18N2/c1-14-11-12-21-19(18(14)20)17-9-7-16(8-10-17)13-15-5-3-2-4-6-15/h2-12H,13,20H2,1H3. The van der Waals surface area contributed by atoms with E-state index in [1.807, 2.05) is 19.1 Å². The van der Waals surface area contributed by atoms with Crippen LogP contribution in [-0.4, -0.2) is 4.98 Å². The Morgan fingerprint density at radius 3 is 2.24 bits per heavy atom. The van der Waals surface area contributed by atoms with Crippen LogP contribution in [0.3, 0.4) is 0 Å². The number of anilines is 1. The number of hydrogen-bond donors (Lipinski definition) is 1. The number of nitrogens with two attached hydrogens (primary N) is 1. The molecule has 2 aromatic carbocycles. The zero-order chi connectivity index (χ0) is 14.7. The second-order valence-corrected chi connectivity index (χ2v) is 5.25. The highest BCUT2D eigenvalue weighted by Crippen LogP contribution is 2.26. The highest BCUT2D eigenvalue weighted by Gasteiger charge is 2.06. The van der Waals surface area contributed by atoms with Crippen LogP contribution >= 0.6 is 0 Å². The summed E-state index contributed by atoms with van der Waals surface area (Å²) in [6.45, 7) is 2.00. The van der Waals surface area contributed by atoms with E-state index in [0.717, 1.165) is 28.9 Å². The summed E-state index contributed by atoms with van der Waals surface area (Å²) in [6.07, 6.45) is 2.75. The molecule has 2 nitrogen and oxygen atoms in total. The van der Waals surface area contributed by atoms with E-state index in [-0.39, 0.29) is 0 Å². The maximum Gasteiger partial charge on any atom is 0.0933 e. The fourth-order valence-electron chi connectivity index (χ4n) is 2.41. The molecule has 21 heavy (non-hydrogen) atoms. The van der Waals surface area contributed by atoms with Gasteiger partial charge in [0, 0.05) is 11.8 Å². The van der Waals surface area contributed by atoms with Crippen LogP contribution in [0, 0.1) is 6.92 Å². The minimum atomic E-state index is 0.758. The van der Waals surface area contributed by atoms with Crippen molar-refractivity contribution in [1.29, 1.82) is 0 Å². The first-order valence-corrected chi connectivity index (χ1v) is 7.08. The summed E-state index contributed by atoms with van der Waals surface area (Å²) in [5.41, 5.74) is 12.5. The topological polar surface area (TPSA) is 38.9 Å². The normalized spacial score (nSPS) is 10.5. The van der Waals surface area contributed by atoms with Crippen LogP contribution in [0.25, 0.3) is 11.3 Å². The Kier molecular flexibility index (Phi) is 3.69.